The number of hydrogen-bond acceptors (Lipinski definition) is 3. The molecule has 1 saturated carbocycles. The van der Waals surface area contributed by atoms with Gasteiger partial charge in [-0.3, -0.25) is 0 Å². The van der Waals surface area contributed by atoms with Gasteiger partial charge < -0.3 is 5.32 Å². The third-order valence-electron chi connectivity index (χ3n) is 3.54. The Hall–Kier alpha value is -2.00. The lowest BCUT2D eigenvalue weighted by molar-refractivity contribution is 0.393. The first-order valence-corrected chi connectivity index (χ1v) is 6.43. The molecule has 18 heavy (non-hydrogen) atoms. The number of rotatable bonds is 3. The maximum Gasteiger partial charge on any atom is 0.125 e. The molecule has 1 aromatic carbocycles. The molecule has 0 aromatic heterocycles. The number of nitrogens with one attached hydrogen (secondary N) is 1. The monoisotopic (exact) mass is 239 g/mol. The molecule has 1 aliphatic carbocycles. The van der Waals surface area contributed by atoms with Crippen LogP contribution in [0.4, 0.5) is 5.69 Å². The van der Waals surface area contributed by atoms with Gasteiger partial charge in [-0.1, -0.05) is 31.4 Å². The first kappa shape index (κ1) is 12.5. The van der Waals surface area contributed by atoms with Crippen molar-refractivity contribution in [3.63, 3.8) is 0 Å². The Morgan fingerprint density at radius 2 is 1.72 bits per heavy atom. The second-order valence-corrected chi connectivity index (χ2v) is 4.91. The topological polar surface area (TPSA) is 59.6 Å². The lowest BCUT2D eigenvalue weighted by Gasteiger charge is -2.32. The highest BCUT2D eigenvalue weighted by Crippen LogP contribution is 2.31. The van der Waals surface area contributed by atoms with E-state index in [4.69, 9.17) is 5.26 Å². The fourth-order valence-corrected chi connectivity index (χ4v) is 2.49. The van der Waals surface area contributed by atoms with Crippen molar-refractivity contribution in [3.05, 3.63) is 29.8 Å². The van der Waals surface area contributed by atoms with Gasteiger partial charge in [0.15, 0.2) is 0 Å². The zero-order valence-corrected chi connectivity index (χ0v) is 10.4. The third-order valence-corrected chi connectivity index (χ3v) is 3.54. The lowest BCUT2D eigenvalue weighted by atomic mass is 9.82. The van der Waals surface area contributed by atoms with Crippen LogP contribution >= 0.6 is 0 Å². The van der Waals surface area contributed by atoms with Crippen LogP contribution in [0, 0.1) is 22.7 Å². The van der Waals surface area contributed by atoms with Crippen LogP contribution < -0.4 is 5.32 Å². The van der Waals surface area contributed by atoms with Gasteiger partial charge in [-0.2, -0.15) is 10.5 Å². The highest BCUT2D eigenvalue weighted by molar-refractivity contribution is 5.49. The molecule has 0 aliphatic heterocycles. The van der Waals surface area contributed by atoms with Crippen molar-refractivity contribution in [3.8, 4) is 12.1 Å². The average molecular weight is 239 g/mol. The van der Waals surface area contributed by atoms with Gasteiger partial charge in [-0.05, 0) is 30.5 Å². The molecule has 0 unspecified atom stereocenters. The molecule has 0 amide bonds. The fourth-order valence-electron chi connectivity index (χ4n) is 2.49. The predicted octanol–water partition coefficient (Wildman–Crippen LogP) is 3.39. The first-order valence-electron chi connectivity index (χ1n) is 6.43. The van der Waals surface area contributed by atoms with Gasteiger partial charge in [0.25, 0.3) is 0 Å². The summed E-state index contributed by atoms with van der Waals surface area (Å²) in [6.45, 7) is 0. The molecule has 1 fully saturated rings. The van der Waals surface area contributed by atoms with E-state index in [1.807, 2.05) is 24.3 Å². The van der Waals surface area contributed by atoms with E-state index in [1.54, 1.807) is 0 Å². The van der Waals surface area contributed by atoms with Crippen molar-refractivity contribution in [2.24, 2.45) is 0 Å². The van der Waals surface area contributed by atoms with Gasteiger partial charge in [0.2, 0.25) is 0 Å². The summed E-state index contributed by atoms with van der Waals surface area (Å²) in [4.78, 5) is 0. The van der Waals surface area contributed by atoms with E-state index in [9.17, 15) is 5.26 Å². The summed E-state index contributed by atoms with van der Waals surface area (Å²) >= 11 is 0. The van der Waals surface area contributed by atoms with Crippen LogP contribution in [0.25, 0.3) is 0 Å². The van der Waals surface area contributed by atoms with Crippen molar-refractivity contribution in [1.82, 2.24) is 0 Å². The molecular formula is C15H17N3. The van der Waals surface area contributed by atoms with E-state index in [0.717, 1.165) is 36.9 Å². The van der Waals surface area contributed by atoms with Crippen molar-refractivity contribution < 1.29 is 0 Å². The molecule has 0 atom stereocenters. The third kappa shape index (κ3) is 2.81. The molecule has 92 valence electrons. The maximum absolute atomic E-state index is 9.39. The number of nitriles is 2. The molecule has 1 aliphatic rings. The van der Waals surface area contributed by atoms with Gasteiger partial charge in [0, 0.05) is 5.69 Å². The second-order valence-electron chi connectivity index (χ2n) is 4.91. The highest BCUT2D eigenvalue weighted by atomic mass is 15.0. The molecule has 0 radical (unpaired) electrons. The van der Waals surface area contributed by atoms with Crippen LogP contribution in [0.5, 0.6) is 0 Å². The largest absolute Gasteiger partial charge is 0.367 e. The molecule has 0 spiro atoms. The zero-order valence-electron chi connectivity index (χ0n) is 10.4. The first-order chi connectivity index (χ1) is 8.78. The van der Waals surface area contributed by atoms with Crippen molar-refractivity contribution in [1.29, 1.82) is 10.5 Å². The molecule has 0 heterocycles. The Morgan fingerprint density at radius 1 is 1.06 bits per heavy atom. The van der Waals surface area contributed by atoms with Gasteiger partial charge in [0.1, 0.15) is 5.54 Å². The summed E-state index contributed by atoms with van der Waals surface area (Å²) in [5.74, 6) is 0. The summed E-state index contributed by atoms with van der Waals surface area (Å²) in [7, 11) is 0. The van der Waals surface area contributed by atoms with Gasteiger partial charge in [0.05, 0.1) is 18.6 Å². The lowest BCUT2D eigenvalue weighted by Crippen LogP contribution is -2.38. The van der Waals surface area contributed by atoms with Crippen LogP contribution in [0.3, 0.4) is 0 Å². The van der Waals surface area contributed by atoms with E-state index in [1.165, 1.54) is 6.42 Å². The van der Waals surface area contributed by atoms with Crippen LogP contribution in [0.1, 0.15) is 37.7 Å². The summed E-state index contributed by atoms with van der Waals surface area (Å²) in [6.07, 6.45) is 5.74. The van der Waals surface area contributed by atoms with E-state index in [2.05, 4.69) is 17.5 Å². The number of benzene rings is 1. The van der Waals surface area contributed by atoms with Crippen molar-refractivity contribution in [2.45, 2.75) is 44.1 Å². The molecular weight excluding hydrogens is 222 g/mol. The molecule has 3 heteroatoms. The predicted molar refractivity (Wildman–Crippen MR) is 70.8 cm³/mol. The van der Waals surface area contributed by atoms with Gasteiger partial charge >= 0.3 is 0 Å². The summed E-state index contributed by atoms with van der Waals surface area (Å²) in [5.41, 5.74) is 1.59. The Balaban J connectivity index is 2.08. The minimum Gasteiger partial charge on any atom is -0.367 e. The second kappa shape index (κ2) is 5.56. The molecule has 1 aromatic rings. The number of anilines is 1. The van der Waals surface area contributed by atoms with Gasteiger partial charge in [-0.15, -0.1) is 0 Å². The average Bonchev–Trinajstić information content (AvgIpc) is 2.42. The highest BCUT2D eigenvalue weighted by Gasteiger charge is 2.31. The molecule has 0 bridgehead atoms. The summed E-state index contributed by atoms with van der Waals surface area (Å²) < 4.78 is 0. The molecule has 2 rings (SSSR count). The van der Waals surface area contributed by atoms with E-state index in [0.29, 0.717) is 6.42 Å². The van der Waals surface area contributed by atoms with Crippen molar-refractivity contribution in [2.75, 3.05) is 5.32 Å². The maximum atomic E-state index is 9.39. The normalized spacial score (nSPS) is 17.4. The number of nitrogens with zero attached hydrogens (tertiary/aromatic N) is 2. The molecule has 1 N–H and O–H groups in total. The Kier molecular flexibility index (Phi) is 3.85. The summed E-state index contributed by atoms with van der Waals surface area (Å²) in [6, 6.07) is 12.4. The summed E-state index contributed by atoms with van der Waals surface area (Å²) in [5, 5.41) is 21.4. The Bertz CT molecular complexity index is 470. The van der Waals surface area contributed by atoms with E-state index < -0.39 is 5.54 Å². The molecule has 3 nitrogen and oxygen atoms in total. The SMILES string of the molecule is N#CCc1ccc(NC2(C#N)CCCCC2)cc1. The molecule has 0 saturated heterocycles. The standard InChI is InChI=1S/C15H17N3/c16-11-8-13-4-6-14(7-5-13)18-15(12-17)9-2-1-3-10-15/h4-7,18H,1-3,8-10H2. The van der Waals surface area contributed by atoms with Crippen LogP contribution in [-0.4, -0.2) is 5.54 Å². The van der Waals surface area contributed by atoms with Crippen molar-refractivity contribution >= 4 is 5.69 Å². The number of hydrogen-bond donors (Lipinski definition) is 1. The fraction of sp³-hybridized carbons (Fsp3) is 0.467. The minimum atomic E-state index is -0.394. The van der Waals surface area contributed by atoms with Crippen LogP contribution in [0.15, 0.2) is 24.3 Å². The quantitative estimate of drug-likeness (QED) is 0.879. The van der Waals surface area contributed by atoms with Crippen LogP contribution in [-0.2, 0) is 6.42 Å². The minimum absolute atomic E-state index is 0.394. The Morgan fingerprint density at radius 3 is 2.28 bits per heavy atom. The Labute approximate surface area is 108 Å². The van der Waals surface area contributed by atoms with Gasteiger partial charge in [-0.25, -0.2) is 0 Å². The smallest absolute Gasteiger partial charge is 0.125 e. The van der Waals surface area contributed by atoms with Crippen LogP contribution in [0.2, 0.25) is 0 Å². The van der Waals surface area contributed by atoms with E-state index in [-0.39, 0.29) is 0 Å². The zero-order chi connectivity index (χ0) is 12.8. The van der Waals surface area contributed by atoms with E-state index >= 15 is 0 Å².